The van der Waals surface area contributed by atoms with Gasteiger partial charge in [-0.2, -0.15) is 0 Å². The highest BCUT2D eigenvalue weighted by atomic mass is 79.9. The first kappa shape index (κ1) is 18.2. The number of unbranched alkanes of at least 4 members (excludes halogenated alkanes) is 1. The van der Waals surface area contributed by atoms with Crippen LogP contribution in [0.1, 0.15) is 31.7 Å². The van der Waals surface area contributed by atoms with Gasteiger partial charge in [0.15, 0.2) is 0 Å². The number of thioether (sulfide) groups is 1. The maximum atomic E-state index is 12.6. The largest absolute Gasteiger partial charge is 0.480 e. The molecule has 7 heteroatoms. The Labute approximate surface area is 153 Å². The Bertz CT molecular complexity index is 675. The summed E-state index contributed by atoms with van der Waals surface area (Å²) in [6.07, 6.45) is 3.75. The van der Waals surface area contributed by atoms with E-state index in [0.717, 1.165) is 34.6 Å². The number of hydrogen-bond donors (Lipinski definition) is 1. The number of carboxylic acids is 1. The molecular formula is C16H16BrNO3S2. The molecule has 0 radical (unpaired) electrons. The zero-order valence-corrected chi connectivity index (χ0v) is 15.7. The van der Waals surface area contributed by atoms with Gasteiger partial charge < -0.3 is 5.11 Å². The van der Waals surface area contributed by atoms with Crippen molar-refractivity contribution in [1.82, 2.24) is 4.90 Å². The normalized spacial score (nSPS) is 17.8. The lowest BCUT2D eigenvalue weighted by Gasteiger charge is -2.22. The predicted octanol–water partition coefficient (Wildman–Crippen LogP) is 4.29. The average Bonchev–Trinajstić information content (AvgIpc) is 2.75. The van der Waals surface area contributed by atoms with Crippen LogP contribution in [0.3, 0.4) is 0 Å². The van der Waals surface area contributed by atoms with Gasteiger partial charge in [-0.25, -0.2) is 4.79 Å². The van der Waals surface area contributed by atoms with Gasteiger partial charge >= 0.3 is 5.97 Å². The zero-order chi connectivity index (χ0) is 17.0. The number of amides is 1. The summed E-state index contributed by atoms with van der Waals surface area (Å²) in [4.78, 5) is 25.8. The molecule has 1 unspecified atom stereocenters. The maximum absolute atomic E-state index is 12.6. The van der Waals surface area contributed by atoms with E-state index in [0.29, 0.717) is 15.6 Å². The number of nitrogens with zero attached hydrogens (tertiary/aromatic N) is 1. The maximum Gasteiger partial charge on any atom is 0.326 e. The third kappa shape index (κ3) is 4.43. The second kappa shape index (κ2) is 8.08. The van der Waals surface area contributed by atoms with Crippen molar-refractivity contribution in [2.75, 3.05) is 0 Å². The van der Waals surface area contributed by atoms with Crippen LogP contribution in [0.4, 0.5) is 0 Å². The van der Waals surface area contributed by atoms with Crippen LogP contribution in [0.25, 0.3) is 6.08 Å². The third-order valence-corrected chi connectivity index (χ3v) is 5.22. The zero-order valence-electron chi connectivity index (χ0n) is 12.5. The van der Waals surface area contributed by atoms with Gasteiger partial charge in [0.2, 0.25) is 0 Å². The number of thiocarbonyl (C=S) groups is 1. The summed E-state index contributed by atoms with van der Waals surface area (Å²) in [6.45, 7) is 1.98. The second-order valence-electron chi connectivity index (χ2n) is 5.10. The van der Waals surface area contributed by atoms with Crippen LogP contribution >= 0.6 is 39.9 Å². The summed E-state index contributed by atoms with van der Waals surface area (Å²) in [5.41, 5.74) is 0.861. The van der Waals surface area contributed by atoms with Crippen LogP contribution in [0.5, 0.6) is 0 Å². The van der Waals surface area contributed by atoms with E-state index >= 15 is 0 Å². The molecule has 1 aromatic carbocycles. The minimum absolute atomic E-state index is 0.305. The summed E-state index contributed by atoms with van der Waals surface area (Å²) >= 11 is 9.78. The van der Waals surface area contributed by atoms with Crippen LogP contribution in [0.15, 0.2) is 33.6 Å². The van der Waals surface area contributed by atoms with E-state index in [1.165, 1.54) is 4.90 Å². The van der Waals surface area contributed by atoms with E-state index in [2.05, 4.69) is 15.9 Å². The molecule has 1 aromatic rings. The highest BCUT2D eigenvalue weighted by Crippen LogP contribution is 2.35. The molecule has 0 aliphatic carbocycles. The number of hydrogen-bond acceptors (Lipinski definition) is 4. The first-order valence-corrected chi connectivity index (χ1v) is 9.21. The van der Waals surface area contributed by atoms with Crippen LogP contribution in [-0.2, 0) is 9.59 Å². The van der Waals surface area contributed by atoms with Gasteiger partial charge in [0, 0.05) is 4.47 Å². The monoisotopic (exact) mass is 413 g/mol. The number of carbonyl (C=O) groups is 2. The highest BCUT2D eigenvalue weighted by Gasteiger charge is 2.40. The molecule has 0 spiro atoms. The van der Waals surface area contributed by atoms with Gasteiger partial charge in [0.25, 0.3) is 5.91 Å². The van der Waals surface area contributed by atoms with E-state index in [-0.39, 0.29) is 5.91 Å². The van der Waals surface area contributed by atoms with Crippen LogP contribution < -0.4 is 0 Å². The van der Waals surface area contributed by atoms with E-state index in [1.54, 1.807) is 6.08 Å². The molecule has 122 valence electrons. The lowest BCUT2D eigenvalue weighted by atomic mass is 10.1. The Morgan fingerprint density at radius 1 is 1.52 bits per heavy atom. The first-order chi connectivity index (χ1) is 10.9. The van der Waals surface area contributed by atoms with Crippen molar-refractivity contribution in [2.45, 2.75) is 32.2 Å². The second-order valence-corrected chi connectivity index (χ2v) is 7.69. The molecule has 1 fully saturated rings. The van der Waals surface area contributed by atoms with Crippen molar-refractivity contribution in [3.63, 3.8) is 0 Å². The van der Waals surface area contributed by atoms with E-state index in [9.17, 15) is 14.7 Å². The quantitative estimate of drug-likeness (QED) is 0.556. The molecular weight excluding hydrogens is 398 g/mol. The smallest absolute Gasteiger partial charge is 0.326 e. The van der Waals surface area contributed by atoms with Crippen LogP contribution in [0, 0.1) is 0 Å². The summed E-state index contributed by atoms with van der Waals surface area (Å²) in [5, 5.41) is 9.42. The molecule has 0 bridgehead atoms. The first-order valence-electron chi connectivity index (χ1n) is 7.19. The number of carboxylic acid groups (broad SMARTS) is 1. The molecule has 1 saturated heterocycles. The molecule has 23 heavy (non-hydrogen) atoms. The van der Waals surface area contributed by atoms with Crippen LogP contribution in [-0.4, -0.2) is 32.2 Å². The van der Waals surface area contributed by atoms with E-state index in [1.807, 2.05) is 31.2 Å². The Morgan fingerprint density at radius 2 is 2.26 bits per heavy atom. The summed E-state index contributed by atoms with van der Waals surface area (Å²) < 4.78 is 1.22. The van der Waals surface area contributed by atoms with Gasteiger partial charge in [-0.15, -0.1) is 0 Å². The molecule has 4 nitrogen and oxygen atoms in total. The van der Waals surface area contributed by atoms with Crippen molar-refractivity contribution in [1.29, 1.82) is 0 Å². The average molecular weight is 414 g/mol. The van der Waals surface area contributed by atoms with Gasteiger partial charge in [-0.1, -0.05) is 71.8 Å². The van der Waals surface area contributed by atoms with Gasteiger partial charge in [-0.3, -0.25) is 9.69 Å². The van der Waals surface area contributed by atoms with Crippen LogP contribution in [0.2, 0.25) is 0 Å². The fraction of sp³-hybridized carbons (Fsp3) is 0.312. The number of aliphatic carboxylic acids is 1. The topological polar surface area (TPSA) is 57.6 Å². The molecule has 1 aliphatic rings. The van der Waals surface area contributed by atoms with Crippen molar-refractivity contribution < 1.29 is 14.7 Å². The summed E-state index contributed by atoms with van der Waals surface area (Å²) in [6, 6.07) is 6.64. The molecule has 1 aliphatic heterocycles. The lowest BCUT2D eigenvalue weighted by Crippen LogP contribution is -2.43. The summed E-state index contributed by atoms with van der Waals surface area (Å²) in [5.74, 6) is -1.35. The minimum Gasteiger partial charge on any atom is -0.480 e. The number of benzene rings is 1. The van der Waals surface area contributed by atoms with Crippen molar-refractivity contribution in [3.8, 4) is 0 Å². The fourth-order valence-electron chi connectivity index (χ4n) is 2.26. The Kier molecular flexibility index (Phi) is 6.38. The van der Waals surface area contributed by atoms with Crippen molar-refractivity contribution in [2.24, 2.45) is 0 Å². The van der Waals surface area contributed by atoms with Gasteiger partial charge in [0.05, 0.1) is 4.91 Å². The molecule has 0 saturated carbocycles. The molecule has 2 rings (SSSR count). The van der Waals surface area contributed by atoms with Crippen molar-refractivity contribution >= 4 is 62.2 Å². The van der Waals surface area contributed by atoms with Crippen molar-refractivity contribution in [3.05, 3.63) is 39.2 Å². The molecule has 0 aromatic heterocycles. The minimum atomic E-state index is -1.02. The standard InChI is InChI=1S/C16H16BrNO3S2/c1-2-3-7-12(15(20)21)18-14(19)13(23-16(18)22)9-10-5-4-6-11(17)8-10/h4-6,8-9,12H,2-3,7H2,1H3,(H,20,21)/b13-9-. The number of rotatable bonds is 6. The predicted molar refractivity (Wildman–Crippen MR) is 100 cm³/mol. The number of carbonyl (C=O) groups excluding carboxylic acids is 1. The molecule has 1 amide bonds. The van der Waals surface area contributed by atoms with Gasteiger partial charge in [-0.05, 0) is 30.2 Å². The lowest BCUT2D eigenvalue weighted by molar-refractivity contribution is -0.145. The highest BCUT2D eigenvalue weighted by molar-refractivity contribution is 9.10. The summed E-state index contributed by atoms with van der Waals surface area (Å²) in [7, 11) is 0. The molecule has 1 N–H and O–H groups in total. The number of halogens is 1. The molecule has 1 atom stereocenters. The SMILES string of the molecule is CCCCC(C(=O)O)N1C(=O)/C(=C/c2cccc(Br)c2)SC1=S. The Morgan fingerprint density at radius 3 is 2.87 bits per heavy atom. The van der Waals surface area contributed by atoms with E-state index < -0.39 is 12.0 Å². The fourth-order valence-corrected chi connectivity index (χ4v) is 4.03. The van der Waals surface area contributed by atoms with E-state index in [4.69, 9.17) is 12.2 Å². The third-order valence-electron chi connectivity index (χ3n) is 3.40. The molecule has 1 heterocycles. The van der Waals surface area contributed by atoms with Gasteiger partial charge in [0.1, 0.15) is 10.4 Å². The Hall–Kier alpha value is -1.18. The Balaban J connectivity index is 2.26.